The van der Waals surface area contributed by atoms with Crippen molar-refractivity contribution in [1.82, 2.24) is 10.6 Å². The van der Waals surface area contributed by atoms with Crippen molar-refractivity contribution in [3.05, 3.63) is 0 Å². The SMILES string of the molecule is CCOCCNC(C)CNC(=O)OC(C)(C)C. The topological polar surface area (TPSA) is 59.6 Å². The number of rotatable bonds is 7. The van der Waals surface area contributed by atoms with E-state index in [9.17, 15) is 4.79 Å². The number of carbonyl (C=O) groups excluding carboxylic acids is 1. The molecule has 0 spiro atoms. The van der Waals surface area contributed by atoms with Gasteiger partial charge in [-0.1, -0.05) is 0 Å². The summed E-state index contributed by atoms with van der Waals surface area (Å²) in [6, 6.07) is 0.197. The molecule has 0 heterocycles. The van der Waals surface area contributed by atoms with Crippen LogP contribution in [0, 0.1) is 0 Å². The molecule has 0 radical (unpaired) electrons. The van der Waals surface area contributed by atoms with E-state index in [1.165, 1.54) is 0 Å². The highest BCUT2D eigenvalue weighted by molar-refractivity contribution is 5.67. The van der Waals surface area contributed by atoms with Crippen LogP contribution in [0.2, 0.25) is 0 Å². The van der Waals surface area contributed by atoms with Gasteiger partial charge < -0.3 is 20.1 Å². The first kappa shape index (κ1) is 16.2. The predicted octanol–water partition coefficient (Wildman–Crippen LogP) is 1.53. The van der Waals surface area contributed by atoms with Crippen LogP contribution in [-0.2, 0) is 9.47 Å². The molecule has 17 heavy (non-hydrogen) atoms. The van der Waals surface area contributed by atoms with Crippen molar-refractivity contribution in [2.24, 2.45) is 0 Å². The Hall–Kier alpha value is -0.810. The maximum atomic E-state index is 11.4. The maximum absolute atomic E-state index is 11.4. The molecule has 0 aromatic carbocycles. The van der Waals surface area contributed by atoms with E-state index in [2.05, 4.69) is 10.6 Å². The Bertz CT molecular complexity index is 214. The summed E-state index contributed by atoms with van der Waals surface area (Å²) in [6.07, 6.45) is -0.379. The third kappa shape index (κ3) is 11.5. The second-order valence-corrected chi connectivity index (χ2v) is 4.93. The lowest BCUT2D eigenvalue weighted by Gasteiger charge is -2.21. The molecule has 1 unspecified atom stereocenters. The molecule has 0 aromatic heterocycles. The van der Waals surface area contributed by atoms with Crippen LogP contribution in [0.1, 0.15) is 34.6 Å². The Morgan fingerprint density at radius 1 is 1.35 bits per heavy atom. The number of nitrogens with one attached hydrogen (secondary N) is 2. The fourth-order valence-corrected chi connectivity index (χ4v) is 1.14. The number of hydrogen-bond donors (Lipinski definition) is 2. The zero-order valence-corrected chi connectivity index (χ0v) is 11.6. The summed E-state index contributed by atoms with van der Waals surface area (Å²) in [5, 5.41) is 5.96. The van der Waals surface area contributed by atoms with Crippen LogP contribution in [0.15, 0.2) is 0 Å². The highest BCUT2D eigenvalue weighted by atomic mass is 16.6. The molecule has 0 bridgehead atoms. The average molecular weight is 246 g/mol. The predicted molar refractivity (Wildman–Crippen MR) is 68.2 cm³/mol. The van der Waals surface area contributed by atoms with Crippen molar-refractivity contribution >= 4 is 6.09 Å². The van der Waals surface area contributed by atoms with Crippen LogP contribution in [0.25, 0.3) is 0 Å². The van der Waals surface area contributed by atoms with E-state index in [4.69, 9.17) is 9.47 Å². The van der Waals surface area contributed by atoms with Crippen LogP contribution in [0.5, 0.6) is 0 Å². The van der Waals surface area contributed by atoms with Gasteiger partial charge in [-0.15, -0.1) is 0 Å². The van der Waals surface area contributed by atoms with Crippen LogP contribution in [-0.4, -0.2) is 44.0 Å². The van der Waals surface area contributed by atoms with Gasteiger partial charge in [-0.25, -0.2) is 4.79 Å². The minimum Gasteiger partial charge on any atom is -0.444 e. The van der Waals surface area contributed by atoms with Gasteiger partial charge in [0.15, 0.2) is 0 Å². The van der Waals surface area contributed by atoms with Gasteiger partial charge in [0.2, 0.25) is 0 Å². The molecule has 0 fully saturated rings. The highest BCUT2D eigenvalue weighted by Crippen LogP contribution is 2.06. The summed E-state index contributed by atoms with van der Waals surface area (Å²) in [6.45, 7) is 12.2. The second-order valence-electron chi connectivity index (χ2n) is 4.93. The fourth-order valence-electron chi connectivity index (χ4n) is 1.14. The zero-order valence-electron chi connectivity index (χ0n) is 11.6. The number of ether oxygens (including phenoxy) is 2. The lowest BCUT2D eigenvalue weighted by atomic mass is 10.2. The van der Waals surface area contributed by atoms with Crippen molar-refractivity contribution in [1.29, 1.82) is 0 Å². The van der Waals surface area contributed by atoms with Crippen molar-refractivity contribution in [2.75, 3.05) is 26.3 Å². The summed E-state index contributed by atoms with van der Waals surface area (Å²) in [5.41, 5.74) is -0.449. The number of hydrogen-bond acceptors (Lipinski definition) is 4. The Labute approximate surface area is 104 Å². The van der Waals surface area contributed by atoms with Gasteiger partial charge in [-0.05, 0) is 34.6 Å². The molecule has 1 amide bonds. The molecular formula is C12H26N2O3. The number of alkyl carbamates (subject to hydrolysis) is 1. The number of carbonyl (C=O) groups is 1. The molecule has 0 aliphatic rings. The Kier molecular flexibility index (Phi) is 7.91. The molecule has 5 nitrogen and oxygen atoms in total. The average Bonchev–Trinajstić information content (AvgIpc) is 2.19. The molecule has 0 aliphatic carbocycles. The first-order valence-electron chi connectivity index (χ1n) is 6.13. The first-order chi connectivity index (χ1) is 7.85. The second kappa shape index (κ2) is 8.31. The molecule has 0 saturated carbocycles. The van der Waals surface area contributed by atoms with Gasteiger partial charge in [0.25, 0.3) is 0 Å². The van der Waals surface area contributed by atoms with Crippen LogP contribution < -0.4 is 10.6 Å². The Balaban J connectivity index is 3.55. The van der Waals surface area contributed by atoms with Crippen LogP contribution in [0.4, 0.5) is 4.79 Å². The fraction of sp³-hybridized carbons (Fsp3) is 0.917. The molecule has 0 saturated heterocycles. The number of amides is 1. The lowest BCUT2D eigenvalue weighted by molar-refractivity contribution is 0.0523. The third-order valence-corrected chi connectivity index (χ3v) is 1.89. The van der Waals surface area contributed by atoms with Crippen molar-refractivity contribution in [3.8, 4) is 0 Å². The lowest BCUT2D eigenvalue weighted by Crippen LogP contribution is -2.42. The van der Waals surface area contributed by atoms with Gasteiger partial charge in [-0.2, -0.15) is 0 Å². The Morgan fingerprint density at radius 2 is 2.00 bits per heavy atom. The summed E-state index contributed by atoms with van der Waals surface area (Å²) < 4.78 is 10.3. The van der Waals surface area contributed by atoms with E-state index in [1.54, 1.807) is 0 Å². The summed E-state index contributed by atoms with van der Waals surface area (Å²) >= 11 is 0. The highest BCUT2D eigenvalue weighted by Gasteiger charge is 2.16. The van der Waals surface area contributed by atoms with Gasteiger partial charge in [0, 0.05) is 25.7 Å². The molecule has 5 heteroatoms. The van der Waals surface area contributed by atoms with E-state index < -0.39 is 5.60 Å². The standard InChI is InChI=1S/C12H26N2O3/c1-6-16-8-7-13-10(2)9-14-11(15)17-12(3,4)5/h10,13H,6-9H2,1-5H3,(H,14,15). The van der Waals surface area contributed by atoms with E-state index in [1.807, 2.05) is 34.6 Å². The smallest absolute Gasteiger partial charge is 0.407 e. The summed E-state index contributed by atoms with van der Waals surface area (Å²) in [7, 11) is 0. The van der Waals surface area contributed by atoms with E-state index >= 15 is 0 Å². The van der Waals surface area contributed by atoms with Crippen molar-refractivity contribution < 1.29 is 14.3 Å². The van der Waals surface area contributed by atoms with Crippen molar-refractivity contribution in [2.45, 2.75) is 46.3 Å². The minimum absolute atomic E-state index is 0.197. The van der Waals surface area contributed by atoms with Gasteiger partial charge >= 0.3 is 6.09 Å². The third-order valence-electron chi connectivity index (χ3n) is 1.89. The normalized spacial score (nSPS) is 13.2. The maximum Gasteiger partial charge on any atom is 0.407 e. The molecule has 0 aliphatic heterocycles. The molecule has 2 N–H and O–H groups in total. The summed E-state index contributed by atoms with van der Waals surface area (Å²) in [4.78, 5) is 11.4. The quantitative estimate of drug-likeness (QED) is 0.669. The molecule has 0 aromatic rings. The monoisotopic (exact) mass is 246 g/mol. The van der Waals surface area contributed by atoms with Crippen molar-refractivity contribution in [3.63, 3.8) is 0 Å². The molecular weight excluding hydrogens is 220 g/mol. The summed E-state index contributed by atoms with van der Waals surface area (Å²) in [5.74, 6) is 0. The van der Waals surface area contributed by atoms with Crippen LogP contribution in [0.3, 0.4) is 0 Å². The van der Waals surface area contributed by atoms with E-state index in [0.29, 0.717) is 13.2 Å². The van der Waals surface area contributed by atoms with E-state index in [-0.39, 0.29) is 12.1 Å². The zero-order chi connectivity index (χ0) is 13.3. The van der Waals surface area contributed by atoms with Crippen LogP contribution >= 0.6 is 0 Å². The first-order valence-corrected chi connectivity index (χ1v) is 6.13. The minimum atomic E-state index is -0.449. The molecule has 1 atom stereocenters. The van der Waals surface area contributed by atoms with Gasteiger partial charge in [0.05, 0.1) is 6.61 Å². The van der Waals surface area contributed by atoms with Gasteiger partial charge in [-0.3, -0.25) is 0 Å². The van der Waals surface area contributed by atoms with Gasteiger partial charge in [0.1, 0.15) is 5.60 Å². The molecule has 0 rings (SSSR count). The van der Waals surface area contributed by atoms with E-state index in [0.717, 1.165) is 13.2 Å². The Morgan fingerprint density at radius 3 is 2.53 bits per heavy atom. The molecule has 102 valence electrons. The largest absolute Gasteiger partial charge is 0.444 e.